The lowest BCUT2D eigenvalue weighted by molar-refractivity contribution is 0.300. The molecular weight excluding hydrogens is 193 g/mol. The minimum atomic E-state index is -0.278. The van der Waals surface area contributed by atoms with Gasteiger partial charge in [-0.1, -0.05) is 12.1 Å². The molecule has 2 atom stereocenters. The van der Waals surface area contributed by atoms with Gasteiger partial charge >= 0.3 is 0 Å². The fourth-order valence-electron chi connectivity index (χ4n) is 2.15. The van der Waals surface area contributed by atoms with Crippen molar-refractivity contribution in [2.75, 3.05) is 6.61 Å². The van der Waals surface area contributed by atoms with Crippen molar-refractivity contribution in [3.05, 3.63) is 29.6 Å². The molecule has 3 heteroatoms. The molecule has 0 amide bonds. The maximum absolute atomic E-state index is 13.5. The molecule has 0 spiro atoms. The smallest absolute Gasteiger partial charge is 0.165 e. The van der Waals surface area contributed by atoms with Crippen LogP contribution in [0.2, 0.25) is 0 Å². The summed E-state index contributed by atoms with van der Waals surface area (Å²) in [4.78, 5) is 0. The van der Waals surface area contributed by atoms with Gasteiger partial charge in [0.25, 0.3) is 0 Å². The van der Waals surface area contributed by atoms with Crippen LogP contribution in [0.5, 0.6) is 5.75 Å². The highest BCUT2D eigenvalue weighted by Crippen LogP contribution is 2.36. The standard InChI is InChI=1S/C12H16FNO/c1-8(14)9-5-3-7-15-12-10(9)4-2-6-11(12)13/h2,4,6,8-9H,3,5,7,14H2,1H3. The average molecular weight is 209 g/mol. The first-order valence-electron chi connectivity index (χ1n) is 5.37. The zero-order valence-electron chi connectivity index (χ0n) is 8.87. The largest absolute Gasteiger partial charge is 0.490 e. The molecule has 0 radical (unpaired) electrons. The Bertz CT molecular complexity index is 351. The molecule has 0 bridgehead atoms. The Balaban J connectivity index is 2.45. The van der Waals surface area contributed by atoms with Gasteiger partial charge in [0, 0.05) is 17.5 Å². The molecule has 82 valence electrons. The van der Waals surface area contributed by atoms with Crippen LogP contribution in [0, 0.1) is 5.82 Å². The van der Waals surface area contributed by atoms with E-state index in [2.05, 4.69) is 0 Å². The van der Waals surface area contributed by atoms with E-state index in [1.165, 1.54) is 6.07 Å². The van der Waals surface area contributed by atoms with Gasteiger partial charge in [0.1, 0.15) is 0 Å². The second-order valence-corrected chi connectivity index (χ2v) is 4.11. The van der Waals surface area contributed by atoms with E-state index in [-0.39, 0.29) is 17.8 Å². The molecule has 0 aromatic heterocycles. The van der Waals surface area contributed by atoms with Crippen molar-refractivity contribution in [3.8, 4) is 5.75 Å². The van der Waals surface area contributed by atoms with E-state index in [9.17, 15) is 4.39 Å². The van der Waals surface area contributed by atoms with Crippen molar-refractivity contribution >= 4 is 0 Å². The van der Waals surface area contributed by atoms with Crippen LogP contribution in [-0.4, -0.2) is 12.6 Å². The van der Waals surface area contributed by atoms with Gasteiger partial charge in [-0.25, -0.2) is 4.39 Å². The summed E-state index contributed by atoms with van der Waals surface area (Å²) in [7, 11) is 0. The fraction of sp³-hybridized carbons (Fsp3) is 0.500. The Hall–Kier alpha value is -1.09. The Morgan fingerprint density at radius 2 is 2.33 bits per heavy atom. The molecule has 1 aromatic rings. The maximum Gasteiger partial charge on any atom is 0.165 e. The second kappa shape index (κ2) is 4.19. The number of rotatable bonds is 1. The molecular formula is C12H16FNO. The summed E-state index contributed by atoms with van der Waals surface area (Å²) >= 11 is 0. The van der Waals surface area contributed by atoms with Crippen LogP contribution in [0.3, 0.4) is 0 Å². The lowest BCUT2D eigenvalue weighted by Crippen LogP contribution is -2.24. The number of benzene rings is 1. The van der Waals surface area contributed by atoms with Gasteiger partial charge in [-0.3, -0.25) is 0 Å². The lowest BCUT2D eigenvalue weighted by Gasteiger charge is -2.20. The fourth-order valence-corrected chi connectivity index (χ4v) is 2.15. The maximum atomic E-state index is 13.5. The van der Waals surface area contributed by atoms with Crippen molar-refractivity contribution < 1.29 is 9.13 Å². The molecule has 2 unspecified atom stereocenters. The van der Waals surface area contributed by atoms with Gasteiger partial charge in [-0.05, 0) is 25.8 Å². The summed E-state index contributed by atoms with van der Waals surface area (Å²) in [5, 5.41) is 0. The molecule has 0 saturated heterocycles. The third kappa shape index (κ3) is 1.97. The zero-order valence-corrected chi connectivity index (χ0v) is 8.87. The number of ether oxygens (including phenoxy) is 1. The van der Waals surface area contributed by atoms with E-state index in [0.717, 1.165) is 18.4 Å². The van der Waals surface area contributed by atoms with Gasteiger partial charge in [0.15, 0.2) is 11.6 Å². The molecule has 0 aliphatic carbocycles. The molecule has 1 heterocycles. The summed E-state index contributed by atoms with van der Waals surface area (Å²) in [6, 6.07) is 5.10. The van der Waals surface area contributed by atoms with Crippen LogP contribution in [0.1, 0.15) is 31.2 Å². The molecule has 1 aliphatic heterocycles. The van der Waals surface area contributed by atoms with Crippen LogP contribution >= 0.6 is 0 Å². The Morgan fingerprint density at radius 1 is 1.53 bits per heavy atom. The molecule has 1 aliphatic rings. The van der Waals surface area contributed by atoms with E-state index in [0.29, 0.717) is 12.4 Å². The minimum absolute atomic E-state index is 0.0345. The first kappa shape index (κ1) is 10.4. The van der Waals surface area contributed by atoms with Gasteiger partial charge in [-0.15, -0.1) is 0 Å². The first-order chi connectivity index (χ1) is 7.20. The van der Waals surface area contributed by atoms with Crippen molar-refractivity contribution in [2.24, 2.45) is 5.73 Å². The van der Waals surface area contributed by atoms with Gasteiger partial charge in [0.05, 0.1) is 6.61 Å². The summed E-state index contributed by atoms with van der Waals surface area (Å²) in [5.41, 5.74) is 6.84. The number of halogens is 1. The number of hydrogen-bond donors (Lipinski definition) is 1. The van der Waals surface area contributed by atoms with Gasteiger partial charge < -0.3 is 10.5 Å². The molecule has 2 nitrogen and oxygen atoms in total. The third-order valence-electron chi connectivity index (χ3n) is 2.94. The van der Waals surface area contributed by atoms with Crippen molar-refractivity contribution in [3.63, 3.8) is 0 Å². The van der Waals surface area contributed by atoms with E-state index < -0.39 is 0 Å². The summed E-state index contributed by atoms with van der Waals surface area (Å²) in [6.07, 6.45) is 1.90. The Morgan fingerprint density at radius 3 is 3.07 bits per heavy atom. The lowest BCUT2D eigenvalue weighted by atomic mass is 9.89. The highest BCUT2D eigenvalue weighted by Gasteiger charge is 2.24. The quantitative estimate of drug-likeness (QED) is 0.771. The summed E-state index contributed by atoms with van der Waals surface area (Å²) in [5.74, 6) is 0.329. The van der Waals surface area contributed by atoms with E-state index in [4.69, 9.17) is 10.5 Å². The van der Waals surface area contributed by atoms with Crippen molar-refractivity contribution in [2.45, 2.75) is 31.7 Å². The van der Waals surface area contributed by atoms with Gasteiger partial charge in [0.2, 0.25) is 0 Å². The second-order valence-electron chi connectivity index (χ2n) is 4.11. The molecule has 0 saturated carbocycles. The molecule has 0 fully saturated rings. The molecule has 2 rings (SSSR count). The van der Waals surface area contributed by atoms with Gasteiger partial charge in [-0.2, -0.15) is 0 Å². The van der Waals surface area contributed by atoms with E-state index in [1.807, 2.05) is 13.0 Å². The monoisotopic (exact) mass is 209 g/mol. The number of hydrogen-bond acceptors (Lipinski definition) is 2. The van der Waals surface area contributed by atoms with Crippen molar-refractivity contribution in [1.82, 2.24) is 0 Å². The van der Waals surface area contributed by atoms with Crippen LogP contribution in [0.4, 0.5) is 4.39 Å². The van der Waals surface area contributed by atoms with E-state index >= 15 is 0 Å². The number of fused-ring (bicyclic) bond motifs is 1. The highest BCUT2D eigenvalue weighted by molar-refractivity contribution is 5.39. The molecule has 1 aromatic carbocycles. The third-order valence-corrected chi connectivity index (χ3v) is 2.94. The van der Waals surface area contributed by atoms with Crippen LogP contribution in [-0.2, 0) is 0 Å². The SMILES string of the molecule is CC(N)C1CCCOc2c(F)cccc21. The minimum Gasteiger partial charge on any atom is -0.490 e. The van der Waals surface area contributed by atoms with Crippen LogP contribution < -0.4 is 10.5 Å². The first-order valence-corrected chi connectivity index (χ1v) is 5.37. The predicted octanol–water partition coefficient (Wildman–Crippen LogP) is 2.43. The van der Waals surface area contributed by atoms with E-state index in [1.54, 1.807) is 6.07 Å². The van der Waals surface area contributed by atoms with Crippen molar-refractivity contribution in [1.29, 1.82) is 0 Å². The summed E-state index contributed by atoms with van der Waals surface area (Å²) in [6.45, 7) is 2.54. The predicted molar refractivity (Wildman–Crippen MR) is 57.5 cm³/mol. The zero-order chi connectivity index (χ0) is 10.8. The Kier molecular flexibility index (Phi) is 2.91. The number of nitrogens with two attached hydrogens (primary N) is 1. The molecule has 2 N–H and O–H groups in total. The number of para-hydroxylation sites is 1. The van der Waals surface area contributed by atoms with Crippen LogP contribution in [0.15, 0.2) is 18.2 Å². The van der Waals surface area contributed by atoms with Crippen LogP contribution in [0.25, 0.3) is 0 Å². The summed E-state index contributed by atoms with van der Waals surface area (Å²) < 4.78 is 19.0. The highest BCUT2D eigenvalue weighted by atomic mass is 19.1. The average Bonchev–Trinajstić information content (AvgIpc) is 2.40. The molecule has 15 heavy (non-hydrogen) atoms. The Labute approximate surface area is 89.2 Å². The topological polar surface area (TPSA) is 35.2 Å². The normalized spacial score (nSPS) is 22.5.